The predicted molar refractivity (Wildman–Crippen MR) is 164 cm³/mol. The van der Waals surface area contributed by atoms with Crippen LogP contribution in [0.15, 0.2) is 83.8 Å². The van der Waals surface area contributed by atoms with Crippen LogP contribution < -0.4 is 16.0 Å². The van der Waals surface area contributed by atoms with Crippen molar-refractivity contribution in [1.29, 1.82) is 0 Å². The number of esters is 1. The summed E-state index contributed by atoms with van der Waals surface area (Å²) in [4.78, 5) is 52.5. The number of benzene rings is 3. The van der Waals surface area contributed by atoms with Gasteiger partial charge in [-0.3, -0.25) is 14.4 Å². The molecule has 3 N–H and O–H groups in total. The molecule has 0 radical (unpaired) electrons. The highest BCUT2D eigenvalue weighted by Gasteiger charge is 2.27. The maximum atomic E-state index is 13.2. The number of thioether (sulfide) groups is 1. The molecule has 0 spiro atoms. The first-order valence-electron chi connectivity index (χ1n) is 12.7. The van der Waals surface area contributed by atoms with Gasteiger partial charge in [-0.05, 0) is 68.8 Å². The summed E-state index contributed by atoms with van der Waals surface area (Å²) in [7, 11) is 1.25. The van der Waals surface area contributed by atoms with E-state index in [0.717, 1.165) is 21.8 Å². The Morgan fingerprint density at radius 2 is 1.49 bits per heavy atom. The topological polar surface area (TPSA) is 114 Å². The molecular formula is C31H29N3O5S2. The number of para-hydroxylation sites is 1. The van der Waals surface area contributed by atoms with E-state index in [9.17, 15) is 19.2 Å². The highest BCUT2D eigenvalue weighted by molar-refractivity contribution is 8.00. The van der Waals surface area contributed by atoms with Crippen molar-refractivity contribution < 1.29 is 23.9 Å². The van der Waals surface area contributed by atoms with Crippen LogP contribution in [0.5, 0.6) is 0 Å². The van der Waals surface area contributed by atoms with E-state index >= 15 is 0 Å². The standard InChI is InChI=1S/C31H29N3O5S2/c1-18-10-8-11-21(16-18)28(36)33-23-14-9-15-24(17-23)40-20(3)27(35)34-30-25(31(38)39-4)19(2)26(41-30)29(37)32-22-12-6-5-7-13-22/h5-17,20H,1-4H3,(H,32,37)(H,33,36)(H,34,35). The molecule has 8 nitrogen and oxygen atoms in total. The minimum atomic E-state index is -0.648. The number of ether oxygens (including phenoxy) is 1. The summed E-state index contributed by atoms with van der Waals surface area (Å²) in [5.74, 6) is -1.62. The van der Waals surface area contributed by atoms with E-state index in [1.807, 2.05) is 37.3 Å². The molecule has 0 aliphatic heterocycles. The smallest absolute Gasteiger partial charge is 0.341 e. The van der Waals surface area contributed by atoms with Crippen LogP contribution in [-0.2, 0) is 9.53 Å². The minimum Gasteiger partial charge on any atom is -0.465 e. The van der Waals surface area contributed by atoms with Crippen LogP contribution in [0.4, 0.5) is 16.4 Å². The lowest BCUT2D eigenvalue weighted by atomic mass is 10.1. The number of aryl methyl sites for hydroxylation is 1. The van der Waals surface area contributed by atoms with E-state index in [1.54, 1.807) is 62.4 Å². The van der Waals surface area contributed by atoms with Crippen molar-refractivity contribution in [1.82, 2.24) is 0 Å². The number of methoxy groups -OCH3 is 1. The second-order valence-electron chi connectivity index (χ2n) is 9.17. The number of amides is 3. The van der Waals surface area contributed by atoms with Gasteiger partial charge >= 0.3 is 5.97 Å². The molecule has 0 bridgehead atoms. The fourth-order valence-electron chi connectivity index (χ4n) is 3.98. The van der Waals surface area contributed by atoms with Gasteiger partial charge in [0.1, 0.15) is 5.00 Å². The van der Waals surface area contributed by atoms with Crippen molar-refractivity contribution in [3.05, 3.63) is 106 Å². The number of carbonyl (C=O) groups is 4. The van der Waals surface area contributed by atoms with Crippen LogP contribution in [0.3, 0.4) is 0 Å². The molecule has 0 saturated carbocycles. The molecule has 3 aromatic carbocycles. The number of hydrogen-bond donors (Lipinski definition) is 3. The first-order chi connectivity index (χ1) is 19.7. The number of nitrogens with one attached hydrogen (secondary N) is 3. The van der Waals surface area contributed by atoms with Crippen LogP contribution in [0.1, 0.15) is 48.4 Å². The Balaban J connectivity index is 1.47. The van der Waals surface area contributed by atoms with Crippen LogP contribution in [0.25, 0.3) is 0 Å². The van der Waals surface area contributed by atoms with Crippen LogP contribution in [0.2, 0.25) is 0 Å². The average molecular weight is 588 g/mol. The molecular weight excluding hydrogens is 558 g/mol. The number of thiophene rings is 1. The Hall–Kier alpha value is -4.41. The molecule has 0 aliphatic carbocycles. The molecule has 41 heavy (non-hydrogen) atoms. The number of hydrogen-bond acceptors (Lipinski definition) is 7. The molecule has 210 valence electrons. The van der Waals surface area contributed by atoms with E-state index in [2.05, 4.69) is 16.0 Å². The third-order valence-electron chi connectivity index (χ3n) is 6.07. The number of carbonyl (C=O) groups excluding carboxylic acids is 4. The minimum absolute atomic E-state index is 0.141. The molecule has 3 amide bonds. The van der Waals surface area contributed by atoms with Gasteiger partial charge in [-0.25, -0.2) is 4.79 Å². The Labute approximate surface area is 246 Å². The largest absolute Gasteiger partial charge is 0.465 e. The monoisotopic (exact) mass is 587 g/mol. The highest BCUT2D eigenvalue weighted by Crippen LogP contribution is 2.35. The number of anilines is 3. The van der Waals surface area contributed by atoms with E-state index < -0.39 is 17.1 Å². The lowest BCUT2D eigenvalue weighted by Crippen LogP contribution is -2.23. The molecule has 0 aliphatic rings. The molecule has 0 saturated heterocycles. The molecule has 1 unspecified atom stereocenters. The third kappa shape index (κ3) is 7.41. The lowest BCUT2D eigenvalue weighted by molar-refractivity contribution is -0.115. The van der Waals surface area contributed by atoms with Gasteiger partial charge in [-0.1, -0.05) is 42.0 Å². The normalized spacial score (nSPS) is 11.3. The summed E-state index contributed by atoms with van der Waals surface area (Å²) in [5, 5.41) is 8.19. The summed E-state index contributed by atoms with van der Waals surface area (Å²) >= 11 is 2.31. The van der Waals surface area contributed by atoms with Crippen molar-refractivity contribution in [2.75, 3.05) is 23.1 Å². The molecule has 1 heterocycles. The SMILES string of the molecule is COC(=O)c1c(NC(=O)C(C)Sc2cccc(NC(=O)c3cccc(C)c3)c2)sc(C(=O)Nc2ccccc2)c1C. The fraction of sp³-hybridized carbons (Fsp3) is 0.161. The van der Waals surface area contributed by atoms with Gasteiger partial charge in [0, 0.05) is 21.8 Å². The third-order valence-corrected chi connectivity index (χ3v) is 8.36. The zero-order valence-electron chi connectivity index (χ0n) is 22.9. The lowest BCUT2D eigenvalue weighted by Gasteiger charge is -2.13. The quantitative estimate of drug-likeness (QED) is 0.147. The first-order valence-corrected chi connectivity index (χ1v) is 14.4. The van der Waals surface area contributed by atoms with E-state index in [1.165, 1.54) is 18.9 Å². The van der Waals surface area contributed by atoms with E-state index in [4.69, 9.17) is 4.74 Å². The second-order valence-corrected chi connectivity index (χ2v) is 11.6. The van der Waals surface area contributed by atoms with Gasteiger partial charge in [0.2, 0.25) is 5.91 Å². The maximum absolute atomic E-state index is 13.2. The van der Waals surface area contributed by atoms with Gasteiger partial charge in [0.25, 0.3) is 11.8 Å². The maximum Gasteiger partial charge on any atom is 0.341 e. The van der Waals surface area contributed by atoms with Gasteiger partial charge in [0.05, 0.1) is 22.8 Å². The average Bonchev–Trinajstić information content (AvgIpc) is 3.28. The van der Waals surface area contributed by atoms with Crippen molar-refractivity contribution in [3.63, 3.8) is 0 Å². The van der Waals surface area contributed by atoms with Gasteiger partial charge in [0.15, 0.2) is 0 Å². The Morgan fingerprint density at radius 1 is 0.805 bits per heavy atom. The van der Waals surface area contributed by atoms with E-state index in [-0.39, 0.29) is 22.4 Å². The van der Waals surface area contributed by atoms with Gasteiger partial charge < -0.3 is 20.7 Å². The summed E-state index contributed by atoms with van der Waals surface area (Å²) < 4.78 is 4.94. The molecule has 10 heteroatoms. The predicted octanol–water partition coefficient (Wildman–Crippen LogP) is 6.78. The summed E-state index contributed by atoms with van der Waals surface area (Å²) in [5.41, 5.74) is 3.32. The Bertz CT molecular complexity index is 1600. The summed E-state index contributed by atoms with van der Waals surface area (Å²) in [6.07, 6.45) is 0. The first kappa shape index (κ1) is 29.6. The highest BCUT2D eigenvalue weighted by atomic mass is 32.2. The zero-order chi connectivity index (χ0) is 29.5. The van der Waals surface area contributed by atoms with Crippen LogP contribution in [0, 0.1) is 13.8 Å². The number of rotatable bonds is 9. The van der Waals surface area contributed by atoms with Crippen LogP contribution in [-0.4, -0.2) is 36.1 Å². The summed E-state index contributed by atoms with van der Waals surface area (Å²) in [6.45, 7) is 5.30. The Kier molecular flexibility index (Phi) is 9.59. The van der Waals surface area contributed by atoms with Crippen LogP contribution >= 0.6 is 23.1 Å². The zero-order valence-corrected chi connectivity index (χ0v) is 24.6. The molecule has 4 rings (SSSR count). The Morgan fingerprint density at radius 3 is 2.20 bits per heavy atom. The van der Waals surface area contributed by atoms with Crippen molar-refractivity contribution in [2.45, 2.75) is 30.9 Å². The van der Waals surface area contributed by atoms with Crippen molar-refractivity contribution in [2.24, 2.45) is 0 Å². The molecule has 4 aromatic rings. The summed E-state index contributed by atoms with van der Waals surface area (Å²) in [6, 6.07) is 23.5. The van der Waals surface area contributed by atoms with E-state index in [0.29, 0.717) is 27.4 Å². The molecule has 1 aromatic heterocycles. The fourth-order valence-corrected chi connectivity index (χ4v) is 6.00. The van der Waals surface area contributed by atoms with Gasteiger partial charge in [-0.2, -0.15) is 0 Å². The molecule has 0 fully saturated rings. The molecule has 1 atom stereocenters. The van der Waals surface area contributed by atoms with Gasteiger partial charge in [-0.15, -0.1) is 23.1 Å². The van der Waals surface area contributed by atoms with Crippen molar-refractivity contribution in [3.8, 4) is 0 Å². The van der Waals surface area contributed by atoms with Crippen molar-refractivity contribution >= 4 is 63.2 Å². The second kappa shape index (κ2) is 13.3.